The lowest BCUT2D eigenvalue weighted by molar-refractivity contribution is 0.395. The summed E-state index contributed by atoms with van der Waals surface area (Å²) in [4.78, 5) is 9.63. The highest BCUT2D eigenvalue weighted by Crippen LogP contribution is 2.34. The second-order valence-corrected chi connectivity index (χ2v) is 7.23. The van der Waals surface area contributed by atoms with Crippen molar-refractivity contribution < 1.29 is 9.47 Å². The molecule has 0 spiro atoms. The number of anilines is 1. The third kappa shape index (κ3) is 3.80. The van der Waals surface area contributed by atoms with Gasteiger partial charge in [-0.25, -0.2) is 9.97 Å². The third-order valence-electron chi connectivity index (χ3n) is 5.34. The Kier molecular flexibility index (Phi) is 5.55. The first-order chi connectivity index (χ1) is 14.6. The van der Waals surface area contributed by atoms with Crippen molar-refractivity contribution in [2.24, 2.45) is 5.92 Å². The van der Waals surface area contributed by atoms with Gasteiger partial charge in [0.05, 0.1) is 31.0 Å². The molecule has 5 nitrogen and oxygen atoms in total. The van der Waals surface area contributed by atoms with Crippen LogP contribution in [0.1, 0.15) is 20.3 Å². The molecule has 1 aliphatic rings. The summed E-state index contributed by atoms with van der Waals surface area (Å²) in [6.07, 6.45) is 5.33. The largest absolute Gasteiger partial charge is 0.497 e. The number of allylic oxidation sites excluding steroid dienone is 2. The molecule has 152 valence electrons. The van der Waals surface area contributed by atoms with Gasteiger partial charge in [0.25, 0.3) is 0 Å². The number of hydrogen-bond acceptors (Lipinski definition) is 5. The summed E-state index contributed by atoms with van der Waals surface area (Å²) in [5.41, 5.74) is 7.23. The van der Waals surface area contributed by atoms with E-state index in [9.17, 15) is 0 Å². The van der Waals surface area contributed by atoms with Crippen LogP contribution < -0.4 is 14.8 Å². The number of hydrogen-bond donors (Lipinski definition) is 1. The lowest BCUT2D eigenvalue weighted by Gasteiger charge is -2.17. The molecule has 1 aliphatic carbocycles. The maximum atomic E-state index is 5.57. The standard InChI is InChI=1S/C25H25N3O2/c1-5-17-10-11-18(14-16(17)2)26-24-20-8-6-7-9-22(20)27-25(28-24)21-13-12-19(29-3)15-23(21)30-4/h6-10,12-15,17H,5H2,1-4H3,(H,26,27,28). The maximum Gasteiger partial charge on any atom is 0.165 e. The second-order valence-electron chi connectivity index (χ2n) is 7.23. The van der Waals surface area contributed by atoms with Crippen LogP contribution in [0, 0.1) is 5.92 Å². The molecule has 2 aromatic carbocycles. The van der Waals surface area contributed by atoms with Gasteiger partial charge in [-0.05, 0) is 49.8 Å². The van der Waals surface area contributed by atoms with Crippen LogP contribution in [0.15, 0.2) is 71.6 Å². The molecule has 1 N–H and O–H groups in total. The Hall–Kier alpha value is -3.56. The van der Waals surface area contributed by atoms with Gasteiger partial charge < -0.3 is 14.8 Å². The Morgan fingerprint density at radius 1 is 1.07 bits per heavy atom. The fourth-order valence-corrected chi connectivity index (χ4v) is 3.61. The first kappa shape index (κ1) is 19.7. The molecule has 0 bridgehead atoms. The van der Waals surface area contributed by atoms with Crippen molar-refractivity contribution in [3.8, 4) is 22.9 Å². The van der Waals surface area contributed by atoms with Crippen LogP contribution in [-0.4, -0.2) is 24.2 Å². The molecule has 0 amide bonds. The molecule has 0 saturated carbocycles. The van der Waals surface area contributed by atoms with Gasteiger partial charge in [-0.2, -0.15) is 0 Å². The molecular weight excluding hydrogens is 374 g/mol. The predicted molar refractivity (Wildman–Crippen MR) is 121 cm³/mol. The van der Waals surface area contributed by atoms with Crippen LogP contribution in [0.4, 0.5) is 5.82 Å². The smallest absolute Gasteiger partial charge is 0.165 e. The summed E-state index contributed by atoms with van der Waals surface area (Å²) in [6.45, 7) is 4.34. The summed E-state index contributed by atoms with van der Waals surface area (Å²) in [6, 6.07) is 13.6. The van der Waals surface area contributed by atoms with E-state index in [0.29, 0.717) is 17.5 Å². The Labute approximate surface area is 176 Å². The van der Waals surface area contributed by atoms with E-state index in [1.807, 2.05) is 42.5 Å². The topological polar surface area (TPSA) is 56.3 Å². The van der Waals surface area contributed by atoms with Gasteiger partial charge in [-0.3, -0.25) is 0 Å². The maximum absolute atomic E-state index is 5.57. The molecule has 30 heavy (non-hydrogen) atoms. The number of nitrogens with one attached hydrogen (secondary N) is 1. The first-order valence-corrected chi connectivity index (χ1v) is 10.0. The van der Waals surface area contributed by atoms with Crippen LogP contribution in [-0.2, 0) is 0 Å². The van der Waals surface area contributed by atoms with Crippen molar-refractivity contribution in [1.82, 2.24) is 9.97 Å². The monoisotopic (exact) mass is 399 g/mol. The molecule has 1 heterocycles. The number of methoxy groups -OCH3 is 2. The van der Waals surface area contributed by atoms with Crippen molar-refractivity contribution in [3.63, 3.8) is 0 Å². The zero-order valence-electron chi connectivity index (χ0n) is 17.7. The third-order valence-corrected chi connectivity index (χ3v) is 5.34. The highest BCUT2D eigenvalue weighted by molar-refractivity contribution is 5.91. The van der Waals surface area contributed by atoms with E-state index in [0.717, 1.165) is 40.2 Å². The lowest BCUT2D eigenvalue weighted by Crippen LogP contribution is -2.07. The molecule has 1 unspecified atom stereocenters. The minimum Gasteiger partial charge on any atom is -0.497 e. The molecule has 0 radical (unpaired) electrons. The van der Waals surface area contributed by atoms with Crippen molar-refractivity contribution in [3.05, 3.63) is 71.6 Å². The number of para-hydroxylation sites is 1. The van der Waals surface area contributed by atoms with Gasteiger partial charge in [0.15, 0.2) is 5.82 Å². The fraction of sp³-hybridized carbons (Fsp3) is 0.240. The Balaban J connectivity index is 1.83. The predicted octanol–water partition coefficient (Wildman–Crippen LogP) is 5.75. The SMILES string of the molecule is CCC1C=C=C(Nc2nc(-c3ccc(OC)cc3OC)nc3ccccc23)C=C1C. The molecule has 5 heteroatoms. The zero-order valence-corrected chi connectivity index (χ0v) is 17.7. The van der Waals surface area contributed by atoms with E-state index in [1.165, 1.54) is 5.57 Å². The van der Waals surface area contributed by atoms with E-state index in [1.54, 1.807) is 14.2 Å². The van der Waals surface area contributed by atoms with Crippen LogP contribution in [0.3, 0.4) is 0 Å². The van der Waals surface area contributed by atoms with Gasteiger partial charge >= 0.3 is 0 Å². The average molecular weight is 399 g/mol. The zero-order chi connectivity index (χ0) is 21.1. The highest BCUT2D eigenvalue weighted by Gasteiger charge is 2.15. The average Bonchev–Trinajstić information content (AvgIpc) is 2.78. The molecule has 0 saturated heterocycles. The van der Waals surface area contributed by atoms with Crippen LogP contribution >= 0.6 is 0 Å². The number of nitrogens with zero attached hydrogens (tertiary/aromatic N) is 2. The molecule has 0 fully saturated rings. The minimum absolute atomic E-state index is 0.441. The lowest BCUT2D eigenvalue weighted by atomic mass is 9.94. The number of aromatic nitrogens is 2. The normalized spacial score (nSPS) is 15.5. The number of benzene rings is 2. The van der Waals surface area contributed by atoms with Crippen molar-refractivity contribution >= 4 is 16.7 Å². The molecule has 4 rings (SSSR count). The summed E-state index contributed by atoms with van der Waals surface area (Å²) >= 11 is 0. The highest BCUT2D eigenvalue weighted by atomic mass is 16.5. The summed E-state index contributed by atoms with van der Waals surface area (Å²) in [5, 5.41) is 4.40. The Morgan fingerprint density at radius 3 is 2.63 bits per heavy atom. The van der Waals surface area contributed by atoms with Gasteiger partial charge in [0.2, 0.25) is 0 Å². The summed E-state index contributed by atoms with van der Waals surface area (Å²) < 4.78 is 10.9. The number of fused-ring (bicyclic) bond motifs is 1. The van der Waals surface area contributed by atoms with Crippen molar-refractivity contribution in [2.75, 3.05) is 19.5 Å². The Morgan fingerprint density at radius 2 is 1.90 bits per heavy atom. The summed E-state index contributed by atoms with van der Waals surface area (Å²) in [5.74, 6) is 3.15. The Bertz CT molecular complexity index is 1190. The molecule has 1 aromatic heterocycles. The van der Waals surface area contributed by atoms with E-state index in [4.69, 9.17) is 19.4 Å². The van der Waals surface area contributed by atoms with E-state index < -0.39 is 0 Å². The number of ether oxygens (including phenoxy) is 2. The quantitative estimate of drug-likeness (QED) is 0.535. The molecule has 3 aromatic rings. The van der Waals surface area contributed by atoms with Crippen molar-refractivity contribution in [1.29, 1.82) is 0 Å². The first-order valence-electron chi connectivity index (χ1n) is 10.0. The molecule has 0 aliphatic heterocycles. The molecule has 1 atom stereocenters. The van der Waals surface area contributed by atoms with Crippen molar-refractivity contribution in [2.45, 2.75) is 20.3 Å². The van der Waals surface area contributed by atoms with E-state index in [2.05, 4.69) is 37.0 Å². The van der Waals surface area contributed by atoms with Gasteiger partial charge in [0.1, 0.15) is 17.3 Å². The molecular formula is C25H25N3O2. The van der Waals surface area contributed by atoms with Gasteiger partial charge in [0, 0.05) is 17.4 Å². The van der Waals surface area contributed by atoms with Crippen LogP contribution in [0.25, 0.3) is 22.3 Å². The van der Waals surface area contributed by atoms with Gasteiger partial charge in [-0.15, -0.1) is 0 Å². The second kappa shape index (κ2) is 8.44. The summed E-state index contributed by atoms with van der Waals surface area (Å²) in [7, 11) is 3.26. The number of rotatable bonds is 6. The fourth-order valence-electron chi connectivity index (χ4n) is 3.61. The van der Waals surface area contributed by atoms with Gasteiger partial charge in [-0.1, -0.05) is 30.4 Å². The van der Waals surface area contributed by atoms with E-state index in [-0.39, 0.29) is 0 Å². The van der Waals surface area contributed by atoms with Crippen LogP contribution in [0.2, 0.25) is 0 Å². The van der Waals surface area contributed by atoms with Crippen LogP contribution in [0.5, 0.6) is 11.5 Å². The minimum atomic E-state index is 0.441. The van der Waals surface area contributed by atoms with E-state index >= 15 is 0 Å².